The van der Waals surface area contributed by atoms with E-state index in [1.807, 2.05) is 0 Å². The summed E-state index contributed by atoms with van der Waals surface area (Å²) < 4.78 is 47.1. The third kappa shape index (κ3) is 29.0. The number of rotatable bonds is 50. The van der Waals surface area contributed by atoms with Crippen LogP contribution in [0, 0.1) is 0 Å². The standard InChI is InChI=1S/C67H126N2O24/c1-5-7-9-11-13-15-17-19-20-21-22-23-24-25-27-29-31-33-35-37-46(74)63(85)69-44(52(76)45(73)36-34-32-30-28-26-18-16-14-12-10-8-6-2)40-86-67-62(58(82)53(77)47(38-70)90-67)93-66-60(84)57(81)54(78)49(91-66)41-87-64-50(68-43(4)72)61(55(79)48(39-71)89-64)92-65-59(83)56(80)51(75)42(3)88-65/h42,44-62,64-67,70-71,73-84H,5-41H2,1-4H3,(H,68,72)(H,69,85). The minimum absolute atomic E-state index is 0.124. The molecular weight excluding hydrogens is 1220 g/mol. The van der Waals surface area contributed by atoms with Crippen molar-refractivity contribution >= 4 is 11.8 Å². The molecule has 0 aromatic heterocycles. The Kier molecular flexibility index (Phi) is 42.3. The van der Waals surface area contributed by atoms with Gasteiger partial charge in [-0.05, 0) is 19.8 Å². The topological polar surface area (TPSA) is 415 Å². The average Bonchev–Trinajstić information content (AvgIpc) is 0.917. The molecule has 4 fully saturated rings. The Bertz CT molecular complexity index is 1920. The molecule has 4 aliphatic heterocycles. The first-order valence-corrected chi connectivity index (χ1v) is 35.8. The van der Waals surface area contributed by atoms with Crippen LogP contribution in [0.4, 0.5) is 0 Å². The highest BCUT2D eigenvalue weighted by molar-refractivity contribution is 5.80. The molecule has 26 heteroatoms. The van der Waals surface area contributed by atoms with E-state index in [-0.39, 0.29) is 12.8 Å². The van der Waals surface area contributed by atoms with Crippen molar-refractivity contribution in [2.45, 2.75) is 387 Å². The van der Waals surface area contributed by atoms with Gasteiger partial charge in [0, 0.05) is 6.92 Å². The number of ether oxygens (including phenoxy) is 8. The van der Waals surface area contributed by atoms with Crippen LogP contribution in [0.1, 0.15) is 240 Å². The number of aliphatic hydroxyl groups excluding tert-OH is 14. The van der Waals surface area contributed by atoms with Gasteiger partial charge >= 0.3 is 0 Å². The van der Waals surface area contributed by atoms with Crippen molar-refractivity contribution in [1.82, 2.24) is 10.6 Å². The fourth-order valence-electron chi connectivity index (χ4n) is 12.8. The van der Waals surface area contributed by atoms with E-state index in [2.05, 4.69) is 24.5 Å². The first-order valence-electron chi connectivity index (χ1n) is 35.8. The van der Waals surface area contributed by atoms with Gasteiger partial charge in [-0.15, -0.1) is 0 Å². The zero-order chi connectivity index (χ0) is 68.2. The lowest BCUT2D eigenvalue weighted by molar-refractivity contribution is -0.373. The van der Waals surface area contributed by atoms with Gasteiger partial charge in [0.2, 0.25) is 11.8 Å². The summed E-state index contributed by atoms with van der Waals surface area (Å²) in [6.45, 7) is 3.78. The second kappa shape index (κ2) is 47.2. The van der Waals surface area contributed by atoms with Crippen LogP contribution in [0.2, 0.25) is 0 Å². The molecule has 0 aromatic carbocycles. The van der Waals surface area contributed by atoms with Crippen LogP contribution in [0.15, 0.2) is 0 Å². The predicted octanol–water partition coefficient (Wildman–Crippen LogP) is 2.93. The maximum Gasteiger partial charge on any atom is 0.249 e. The number of hydrogen-bond donors (Lipinski definition) is 16. The summed E-state index contributed by atoms with van der Waals surface area (Å²) in [6.07, 6.45) is -1.89. The molecule has 16 N–H and O–H groups in total. The Labute approximate surface area is 552 Å². The second-order valence-electron chi connectivity index (χ2n) is 26.7. The fourth-order valence-corrected chi connectivity index (χ4v) is 12.8. The molecule has 4 saturated heterocycles. The third-order valence-electron chi connectivity index (χ3n) is 18.8. The molecule has 24 atom stereocenters. The monoisotopic (exact) mass is 1340 g/mol. The van der Waals surface area contributed by atoms with Crippen molar-refractivity contribution in [2.24, 2.45) is 0 Å². The van der Waals surface area contributed by atoms with Crippen LogP contribution in [0.3, 0.4) is 0 Å². The molecule has 548 valence electrons. The lowest BCUT2D eigenvalue weighted by Crippen LogP contribution is -2.68. The van der Waals surface area contributed by atoms with Crippen LogP contribution in [-0.4, -0.2) is 257 Å². The molecule has 0 aliphatic carbocycles. The van der Waals surface area contributed by atoms with Gasteiger partial charge in [-0.25, -0.2) is 0 Å². The maximum absolute atomic E-state index is 13.7. The SMILES string of the molecule is CCCCCCCCCCCCCCCCCCCCCC(O)C(=O)NC(COC1OC(CO)C(O)C(O)C1OC1OC(COC2OC(CO)C(O)C(OC3OC(C)C(O)C(O)C3O)C2NC(C)=O)C(O)C(O)C1O)C(O)C(O)CCCCCCCCCCCCCC. The van der Waals surface area contributed by atoms with E-state index in [0.29, 0.717) is 12.8 Å². The van der Waals surface area contributed by atoms with Crippen molar-refractivity contribution < 1.29 is 119 Å². The van der Waals surface area contributed by atoms with E-state index < -0.39 is 185 Å². The Morgan fingerprint density at radius 3 is 1.30 bits per heavy atom. The summed E-state index contributed by atoms with van der Waals surface area (Å²) in [4.78, 5) is 26.3. The van der Waals surface area contributed by atoms with Crippen LogP contribution < -0.4 is 10.6 Å². The summed E-state index contributed by atoms with van der Waals surface area (Å²) in [5.74, 6) is -1.55. The normalized spacial score (nSPS) is 33.1. The zero-order valence-electron chi connectivity index (χ0n) is 56.4. The van der Waals surface area contributed by atoms with Crippen molar-refractivity contribution in [3.8, 4) is 0 Å². The first-order chi connectivity index (χ1) is 44.7. The van der Waals surface area contributed by atoms with Gasteiger partial charge in [-0.3, -0.25) is 9.59 Å². The Balaban J connectivity index is 1.40. The minimum Gasteiger partial charge on any atom is -0.394 e. The predicted molar refractivity (Wildman–Crippen MR) is 341 cm³/mol. The number of carbonyl (C=O) groups excluding carboxylic acids is 2. The summed E-state index contributed by atoms with van der Waals surface area (Å²) in [5.41, 5.74) is 0. The largest absolute Gasteiger partial charge is 0.394 e. The number of aliphatic hydroxyl groups is 14. The van der Waals surface area contributed by atoms with E-state index in [1.54, 1.807) is 0 Å². The number of amides is 2. The second-order valence-corrected chi connectivity index (χ2v) is 26.7. The number of nitrogens with one attached hydrogen (secondary N) is 2. The van der Waals surface area contributed by atoms with Crippen molar-refractivity contribution in [3.05, 3.63) is 0 Å². The van der Waals surface area contributed by atoms with Crippen molar-refractivity contribution in [2.75, 3.05) is 26.4 Å². The smallest absolute Gasteiger partial charge is 0.249 e. The van der Waals surface area contributed by atoms with Crippen molar-refractivity contribution in [1.29, 1.82) is 0 Å². The van der Waals surface area contributed by atoms with E-state index in [1.165, 1.54) is 135 Å². The van der Waals surface area contributed by atoms with Gasteiger partial charge in [0.05, 0.1) is 44.7 Å². The quantitative estimate of drug-likeness (QED) is 0.0389. The minimum atomic E-state index is -2.10. The average molecular weight is 1340 g/mol. The van der Waals surface area contributed by atoms with Gasteiger partial charge in [-0.1, -0.05) is 213 Å². The van der Waals surface area contributed by atoms with E-state index in [9.17, 15) is 81.1 Å². The number of carbonyl (C=O) groups is 2. The summed E-state index contributed by atoms with van der Waals surface area (Å²) in [5, 5.41) is 159. The number of unbranched alkanes of at least 4 members (excludes halogenated alkanes) is 29. The highest BCUT2D eigenvalue weighted by Gasteiger charge is 2.54. The molecule has 24 unspecified atom stereocenters. The third-order valence-corrected chi connectivity index (χ3v) is 18.8. The van der Waals surface area contributed by atoms with E-state index in [4.69, 9.17) is 37.9 Å². The van der Waals surface area contributed by atoms with E-state index >= 15 is 0 Å². The molecular formula is C67H126N2O24. The summed E-state index contributed by atoms with van der Waals surface area (Å²) in [7, 11) is 0. The van der Waals surface area contributed by atoms with Crippen LogP contribution in [0.5, 0.6) is 0 Å². The molecule has 93 heavy (non-hydrogen) atoms. The van der Waals surface area contributed by atoms with Gasteiger partial charge in [-0.2, -0.15) is 0 Å². The Hall–Kier alpha value is -1.94. The summed E-state index contributed by atoms with van der Waals surface area (Å²) >= 11 is 0. The highest BCUT2D eigenvalue weighted by atomic mass is 16.8. The molecule has 2 amide bonds. The fraction of sp³-hybridized carbons (Fsp3) is 0.970. The first kappa shape index (κ1) is 83.5. The molecule has 0 saturated carbocycles. The molecule has 0 bridgehead atoms. The lowest BCUT2D eigenvalue weighted by atomic mass is 9.95. The van der Waals surface area contributed by atoms with Gasteiger partial charge in [0.25, 0.3) is 0 Å². The van der Waals surface area contributed by atoms with Crippen LogP contribution >= 0.6 is 0 Å². The van der Waals surface area contributed by atoms with Gasteiger partial charge in [0.15, 0.2) is 25.2 Å². The Morgan fingerprint density at radius 2 is 0.828 bits per heavy atom. The van der Waals surface area contributed by atoms with Gasteiger partial charge in [0.1, 0.15) is 104 Å². The van der Waals surface area contributed by atoms with E-state index in [0.717, 1.165) is 64.7 Å². The maximum atomic E-state index is 13.7. The van der Waals surface area contributed by atoms with Gasteiger partial charge < -0.3 is 120 Å². The molecule has 0 spiro atoms. The number of hydrogen-bond acceptors (Lipinski definition) is 24. The Morgan fingerprint density at radius 1 is 0.430 bits per heavy atom. The molecule has 0 radical (unpaired) electrons. The van der Waals surface area contributed by atoms with Crippen LogP contribution in [-0.2, 0) is 47.5 Å². The zero-order valence-corrected chi connectivity index (χ0v) is 56.4. The molecule has 26 nitrogen and oxygen atoms in total. The lowest BCUT2D eigenvalue weighted by Gasteiger charge is -2.48. The van der Waals surface area contributed by atoms with Crippen molar-refractivity contribution in [3.63, 3.8) is 0 Å². The molecule has 4 aliphatic rings. The molecule has 4 rings (SSSR count). The molecule has 4 heterocycles. The molecule has 0 aromatic rings. The van der Waals surface area contributed by atoms with Crippen LogP contribution in [0.25, 0.3) is 0 Å². The highest BCUT2D eigenvalue weighted by Crippen LogP contribution is 2.34. The summed E-state index contributed by atoms with van der Waals surface area (Å²) in [6, 6.07) is -2.93.